The number of nitrogens with zero attached hydrogens (tertiary/aromatic N) is 1. The van der Waals surface area contributed by atoms with E-state index in [1.165, 1.54) is 13.2 Å². The Morgan fingerprint density at radius 1 is 1.15 bits per heavy atom. The van der Waals surface area contributed by atoms with Crippen molar-refractivity contribution in [3.8, 4) is 0 Å². The van der Waals surface area contributed by atoms with Crippen molar-refractivity contribution in [1.29, 1.82) is 0 Å². The molecular weight excluding hydrogens is 436 g/mol. The number of Topliss-reactive ketones (excluding diaryl/α,β-unsaturated/α-hetero) is 1. The van der Waals surface area contributed by atoms with Crippen LogP contribution in [0.1, 0.15) is 43.4 Å². The molecule has 1 aliphatic rings. The van der Waals surface area contributed by atoms with E-state index in [9.17, 15) is 24.3 Å². The average molecular weight is 469 g/mol. The van der Waals surface area contributed by atoms with Crippen LogP contribution in [-0.4, -0.2) is 84.4 Å². The zero-order valence-corrected chi connectivity index (χ0v) is 19.5. The number of aromatic nitrogens is 1. The van der Waals surface area contributed by atoms with Crippen LogP contribution in [0.3, 0.4) is 0 Å². The molecule has 0 aromatic carbocycles. The molecule has 184 valence electrons. The van der Waals surface area contributed by atoms with Crippen molar-refractivity contribution < 1.29 is 38.3 Å². The molecule has 0 saturated carbocycles. The molecule has 2 heterocycles. The minimum absolute atomic E-state index is 0.0595. The monoisotopic (exact) mass is 468 g/mol. The first-order valence-corrected chi connectivity index (χ1v) is 10.6. The molecule has 1 aliphatic heterocycles. The van der Waals surface area contributed by atoms with Gasteiger partial charge in [-0.3, -0.25) is 19.2 Å². The number of epoxide rings is 1. The minimum atomic E-state index is -1.35. The van der Waals surface area contributed by atoms with Crippen LogP contribution in [0.2, 0.25) is 0 Å². The Hall–Kier alpha value is -2.83. The minimum Gasteiger partial charge on any atom is -0.394 e. The number of ketones is 1. The maximum atomic E-state index is 12.9. The Balaban J connectivity index is 2.05. The van der Waals surface area contributed by atoms with Gasteiger partial charge in [0, 0.05) is 13.2 Å². The second kappa shape index (κ2) is 11.3. The van der Waals surface area contributed by atoms with Crippen LogP contribution in [0.5, 0.6) is 0 Å². The first-order chi connectivity index (χ1) is 15.5. The summed E-state index contributed by atoms with van der Waals surface area (Å²) in [4.78, 5) is 50.5. The van der Waals surface area contributed by atoms with Gasteiger partial charge in [0.2, 0.25) is 11.8 Å². The predicted molar refractivity (Wildman–Crippen MR) is 114 cm³/mol. The first-order valence-electron chi connectivity index (χ1n) is 10.6. The van der Waals surface area contributed by atoms with Crippen molar-refractivity contribution in [2.45, 2.75) is 57.8 Å². The quantitative estimate of drug-likeness (QED) is 0.267. The van der Waals surface area contributed by atoms with Crippen molar-refractivity contribution >= 4 is 23.5 Å². The summed E-state index contributed by atoms with van der Waals surface area (Å²) in [6.07, 6.45) is 0.392. The number of amides is 3. The zero-order valence-electron chi connectivity index (χ0n) is 19.5. The first kappa shape index (κ1) is 26.4. The number of carbonyl (C=O) groups excluding carboxylic acids is 4. The lowest BCUT2D eigenvalue weighted by Gasteiger charge is -2.25. The van der Waals surface area contributed by atoms with Gasteiger partial charge in [-0.1, -0.05) is 19.0 Å². The highest BCUT2D eigenvalue weighted by Gasteiger charge is 2.50. The van der Waals surface area contributed by atoms with E-state index >= 15 is 0 Å². The molecule has 3 unspecified atom stereocenters. The molecule has 1 saturated heterocycles. The number of nitrogens with one attached hydrogen (secondary N) is 3. The third-order valence-corrected chi connectivity index (χ3v) is 5.07. The van der Waals surface area contributed by atoms with Gasteiger partial charge < -0.3 is 35.1 Å². The summed E-state index contributed by atoms with van der Waals surface area (Å²) in [5.41, 5.74) is -0.978. The number of aliphatic hydroxyl groups is 1. The SMILES string of the molecule is COC[C@H](NC(=O)C(CO)NC(=O)c1cc(C)on1)C(=O)NC(CC(C)C)C(=O)C1(C)CO1. The van der Waals surface area contributed by atoms with Crippen LogP contribution in [0.15, 0.2) is 10.6 Å². The molecule has 2 rings (SSSR count). The molecule has 0 radical (unpaired) electrons. The summed E-state index contributed by atoms with van der Waals surface area (Å²) in [5.74, 6) is -1.90. The van der Waals surface area contributed by atoms with E-state index < -0.39 is 48.1 Å². The van der Waals surface area contributed by atoms with Crippen LogP contribution in [0.25, 0.3) is 0 Å². The number of rotatable bonds is 13. The van der Waals surface area contributed by atoms with Crippen LogP contribution >= 0.6 is 0 Å². The molecule has 12 nitrogen and oxygen atoms in total. The van der Waals surface area contributed by atoms with Crippen LogP contribution in [0, 0.1) is 12.8 Å². The van der Waals surface area contributed by atoms with Gasteiger partial charge in [-0.2, -0.15) is 0 Å². The number of aliphatic hydroxyl groups excluding tert-OH is 1. The van der Waals surface area contributed by atoms with E-state index in [-0.39, 0.29) is 30.6 Å². The molecular formula is C21H32N4O8. The summed E-state index contributed by atoms with van der Waals surface area (Å²) in [6.45, 7) is 6.47. The topological polar surface area (TPSA) is 172 Å². The lowest BCUT2D eigenvalue weighted by Crippen LogP contribution is -2.58. The predicted octanol–water partition coefficient (Wildman–Crippen LogP) is -0.906. The fourth-order valence-corrected chi connectivity index (χ4v) is 3.12. The Labute approximate surface area is 191 Å². The molecule has 1 aromatic heterocycles. The fourth-order valence-electron chi connectivity index (χ4n) is 3.12. The summed E-state index contributed by atoms with van der Waals surface area (Å²) in [5, 5.41) is 20.6. The normalized spacial score (nSPS) is 20.0. The molecule has 3 amide bonds. The Morgan fingerprint density at radius 2 is 1.76 bits per heavy atom. The molecule has 0 spiro atoms. The van der Waals surface area contributed by atoms with Crippen molar-refractivity contribution in [2.75, 3.05) is 26.9 Å². The molecule has 1 aromatic rings. The maximum Gasteiger partial charge on any atom is 0.274 e. The zero-order chi connectivity index (χ0) is 24.8. The lowest BCUT2D eigenvalue weighted by molar-refractivity contribution is -0.134. The standard InChI is InChI=1S/C21H32N4O8/c1-11(2)6-13(17(27)21(4)10-32-21)22-20(30)16(9-31-5)24-19(29)15(8-26)23-18(28)14-7-12(3)33-25-14/h7,11,13,15-16,26H,6,8-10H2,1-5H3,(H,22,30)(H,23,28)(H,24,29)/t13?,15?,16-,21?/m0/s1. The van der Waals surface area contributed by atoms with Gasteiger partial charge in [-0.05, 0) is 26.2 Å². The van der Waals surface area contributed by atoms with E-state index in [1.54, 1.807) is 13.8 Å². The van der Waals surface area contributed by atoms with Crippen LogP contribution in [-0.2, 0) is 23.9 Å². The van der Waals surface area contributed by atoms with Crippen molar-refractivity contribution in [2.24, 2.45) is 5.92 Å². The molecule has 33 heavy (non-hydrogen) atoms. The van der Waals surface area contributed by atoms with Crippen molar-refractivity contribution in [3.63, 3.8) is 0 Å². The van der Waals surface area contributed by atoms with E-state index in [0.29, 0.717) is 12.2 Å². The number of hydrogen-bond acceptors (Lipinski definition) is 9. The fraction of sp³-hybridized carbons (Fsp3) is 0.667. The van der Waals surface area contributed by atoms with E-state index in [4.69, 9.17) is 14.0 Å². The summed E-state index contributed by atoms with van der Waals surface area (Å²) in [6, 6.07) is -1.95. The van der Waals surface area contributed by atoms with Crippen molar-refractivity contribution in [3.05, 3.63) is 17.5 Å². The highest BCUT2D eigenvalue weighted by Crippen LogP contribution is 2.29. The van der Waals surface area contributed by atoms with Gasteiger partial charge in [0.1, 0.15) is 23.4 Å². The number of carbonyl (C=O) groups is 4. The third-order valence-electron chi connectivity index (χ3n) is 5.07. The molecule has 0 bridgehead atoms. The number of ether oxygens (including phenoxy) is 2. The van der Waals surface area contributed by atoms with Gasteiger partial charge in [-0.15, -0.1) is 0 Å². The van der Waals surface area contributed by atoms with Crippen LogP contribution < -0.4 is 16.0 Å². The van der Waals surface area contributed by atoms with Gasteiger partial charge in [0.15, 0.2) is 11.5 Å². The number of aryl methyl sites for hydroxylation is 1. The lowest BCUT2D eigenvalue weighted by atomic mass is 9.93. The molecule has 0 aliphatic carbocycles. The smallest absolute Gasteiger partial charge is 0.274 e. The highest BCUT2D eigenvalue weighted by atomic mass is 16.6. The van der Waals surface area contributed by atoms with Crippen molar-refractivity contribution in [1.82, 2.24) is 21.1 Å². The maximum absolute atomic E-state index is 12.9. The average Bonchev–Trinajstić information content (AvgIpc) is 3.35. The molecule has 4 N–H and O–H groups in total. The van der Waals surface area contributed by atoms with E-state index in [1.807, 2.05) is 13.8 Å². The Bertz CT molecular complexity index is 864. The van der Waals surface area contributed by atoms with Crippen LogP contribution in [0.4, 0.5) is 0 Å². The van der Waals surface area contributed by atoms with Gasteiger partial charge in [-0.25, -0.2) is 0 Å². The largest absolute Gasteiger partial charge is 0.394 e. The van der Waals surface area contributed by atoms with Gasteiger partial charge in [0.05, 0.1) is 25.9 Å². The number of hydrogen-bond donors (Lipinski definition) is 4. The Kier molecular flexibility index (Phi) is 9.08. The third kappa shape index (κ3) is 7.34. The summed E-state index contributed by atoms with van der Waals surface area (Å²) in [7, 11) is 1.35. The van der Waals surface area contributed by atoms with E-state index in [0.717, 1.165) is 0 Å². The number of methoxy groups -OCH3 is 1. The van der Waals surface area contributed by atoms with Gasteiger partial charge in [0.25, 0.3) is 5.91 Å². The molecule has 12 heteroatoms. The van der Waals surface area contributed by atoms with E-state index in [2.05, 4.69) is 21.1 Å². The second-order valence-corrected chi connectivity index (χ2v) is 8.62. The second-order valence-electron chi connectivity index (χ2n) is 8.62. The summed E-state index contributed by atoms with van der Waals surface area (Å²) < 4.78 is 15.1. The Morgan fingerprint density at radius 3 is 2.24 bits per heavy atom. The molecule has 4 atom stereocenters. The van der Waals surface area contributed by atoms with Gasteiger partial charge >= 0.3 is 0 Å². The summed E-state index contributed by atoms with van der Waals surface area (Å²) >= 11 is 0. The molecule has 1 fully saturated rings. The highest BCUT2D eigenvalue weighted by molar-refractivity contribution is 5.99.